The molecule has 0 saturated carbocycles. The molecule has 6 heteroatoms. The van der Waals surface area contributed by atoms with Crippen molar-refractivity contribution in [2.24, 2.45) is 5.73 Å². The van der Waals surface area contributed by atoms with Gasteiger partial charge in [0.05, 0.1) is 5.69 Å². The Kier molecular flexibility index (Phi) is 3.18. The van der Waals surface area contributed by atoms with Crippen LogP contribution in [0.15, 0.2) is 29.3 Å². The zero-order chi connectivity index (χ0) is 13.1. The van der Waals surface area contributed by atoms with E-state index in [1.54, 1.807) is 18.5 Å². The fraction of sp³-hybridized carbons (Fsp3) is 0.167. The lowest BCUT2D eigenvalue weighted by Crippen LogP contribution is -2.24. The highest BCUT2D eigenvalue weighted by Crippen LogP contribution is 2.20. The van der Waals surface area contributed by atoms with Gasteiger partial charge in [0.1, 0.15) is 5.56 Å². The van der Waals surface area contributed by atoms with Gasteiger partial charge in [-0.25, -0.2) is 5.10 Å². The fourth-order valence-electron chi connectivity index (χ4n) is 1.69. The van der Waals surface area contributed by atoms with E-state index in [1.807, 2.05) is 6.92 Å². The first-order chi connectivity index (χ1) is 8.63. The summed E-state index contributed by atoms with van der Waals surface area (Å²) in [5.41, 5.74) is 6.76. The van der Waals surface area contributed by atoms with Crippen molar-refractivity contribution in [2.45, 2.75) is 13.3 Å². The van der Waals surface area contributed by atoms with E-state index in [-0.39, 0.29) is 5.56 Å². The summed E-state index contributed by atoms with van der Waals surface area (Å²) < 4.78 is 0. The van der Waals surface area contributed by atoms with Gasteiger partial charge in [-0.2, -0.15) is 5.10 Å². The Morgan fingerprint density at radius 1 is 1.50 bits per heavy atom. The Morgan fingerprint density at radius 3 is 2.94 bits per heavy atom. The lowest BCUT2D eigenvalue weighted by atomic mass is 10.0. The van der Waals surface area contributed by atoms with Crippen LogP contribution in [0.4, 0.5) is 0 Å². The van der Waals surface area contributed by atoms with E-state index in [2.05, 4.69) is 15.2 Å². The number of hydrogen-bond acceptors (Lipinski definition) is 4. The molecular weight excluding hydrogens is 232 g/mol. The molecule has 0 bridgehead atoms. The molecule has 0 aliphatic carbocycles. The van der Waals surface area contributed by atoms with Crippen molar-refractivity contribution >= 4 is 5.91 Å². The van der Waals surface area contributed by atoms with Crippen LogP contribution in [0.3, 0.4) is 0 Å². The van der Waals surface area contributed by atoms with Gasteiger partial charge in [0, 0.05) is 18.0 Å². The van der Waals surface area contributed by atoms with Crippen LogP contribution in [0, 0.1) is 0 Å². The van der Waals surface area contributed by atoms with Gasteiger partial charge in [-0.3, -0.25) is 14.6 Å². The molecule has 2 aromatic rings. The molecule has 3 N–H and O–H groups in total. The summed E-state index contributed by atoms with van der Waals surface area (Å²) in [5, 5.41) is 6.20. The second kappa shape index (κ2) is 4.79. The normalized spacial score (nSPS) is 10.3. The third kappa shape index (κ3) is 2.13. The molecule has 2 heterocycles. The summed E-state index contributed by atoms with van der Waals surface area (Å²) in [5.74, 6) is -0.771. The topological polar surface area (TPSA) is 102 Å². The molecular formula is C12H12N4O2. The molecule has 0 unspecified atom stereocenters. The average molecular weight is 244 g/mol. The molecule has 92 valence electrons. The second-order valence-corrected chi connectivity index (χ2v) is 3.75. The summed E-state index contributed by atoms with van der Waals surface area (Å²) in [7, 11) is 0. The van der Waals surface area contributed by atoms with Crippen LogP contribution in [0.2, 0.25) is 0 Å². The Bertz CT molecular complexity index is 649. The first kappa shape index (κ1) is 12.0. The number of aryl methyl sites for hydroxylation is 1. The van der Waals surface area contributed by atoms with E-state index < -0.39 is 11.5 Å². The lowest BCUT2D eigenvalue weighted by molar-refractivity contribution is 0.0998. The number of hydrogen-bond donors (Lipinski definition) is 2. The van der Waals surface area contributed by atoms with Gasteiger partial charge in [-0.15, -0.1) is 0 Å². The lowest BCUT2D eigenvalue weighted by Gasteiger charge is -2.06. The monoisotopic (exact) mass is 244 g/mol. The predicted molar refractivity (Wildman–Crippen MR) is 66.0 cm³/mol. The molecule has 0 atom stereocenters. The Balaban J connectivity index is 2.61. The molecule has 18 heavy (non-hydrogen) atoms. The van der Waals surface area contributed by atoms with Crippen molar-refractivity contribution in [2.75, 3.05) is 0 Å². The highest BCUT2D eigenvalue weighted by molar-refractivity contribution is 5.93. The number of carbonyl (C=O) groups is 1. The largest absolute Gasteiger partial charge is 0.365 e. The minimum Gasteiger partial charge on any atom is -0.365 e. The van der Waals surface area contributed by atoms with Gasteiger partial charge >= 0.3 is 0 Å². The van der Waals surface area contributed by atoms with Crippen molar-refractivity contribution in [1.29, 1.82) is 0 Å². The van der Waals surface area contributed by atoms with E-state index in [0.29, 0.717) is 5.69 Å². The van der Waals surface area contributed by atoms with Gasteiger partial charge in [-0.1, -0.05) is 6.92 Å². The molecule has 2 aromatic heterocycles. The predicted octanol–water partition coefficient (Wildman–Crippen LogP) is 0.493. The van der Waals surface area contributed by atoms with Crippen LogP contribution in [0.5, 0.6) is 0 Å². The molecule has 6 nitrogen and oxygen atoms in total. The number of primary amides is 1. The van der Waals surface area contributed by atoms with Crippen molar-refractivity contribution in [3.8, 4) is 11.3 Å². The third-order valence-corrected chi connectivity index (χ3v) is 2.63. The molecule has 0 aromatic carbocycles. The van der Waals surface area contributed by atoms with E-state index in [9.17, 15) is 9.59 Å². The van der Waals surface area contributed by atoms with E-state index in [1.165, 1.54) is 6.07 Å². The average Bonchev–Trinajstić information content (AvgIpc) is 2.39. The minimum atomic E-state index is -0.771. The smallest absolute Gasteiger partial charge is 0.277 e. The van der Waals surface area contributed by atoms with Gasteiger partial charge in [-0.05, 0) is 24.1 Å². The van der Waals surface area contributed by atoms with Gasteiger partial charge < -0.3 is 5.73 Å². The number of aromatic nitrogens is 3. The summed E-state index contributed by atoms with van der Waals surface area (Å²) in [4.78, 5) is 26.5. The highest BCUT2D eigenvalue weighted by atomic mass is 16.2. The first-order valence-electron chi connectivity index (χ1n) is 5.46. The van der Waals surface area contributed by atoms with Crippen LogP contribution >= 0.6 is 0 Å². The van der Waals surface area contributed by atoms with E-state index in [0.717, 1.165) is 17.5 Å². The Morgan fingerprint density at radius 2 is 2.28 bits per heavy atom. The van der Waals surface area contributed by atoms with Crippen LogP contribution < -0.4 is 11.3 Å². The molecule has 0 spiro atoms. The molecule has 0 radical (unpaired) electrons. The number of amides is 1. The second-order valence-electron chi connectivity index (χ2n) is 3.75. The standard InChI is InChI=1S/C12H12N4O2/c1-2-7-6-14-4-3-8(7)10-5-9(11(13)17)12(18)16-15-10/h3-6H,2H2,1H3,(H2,13,17)(H,16,18). The zero-order valence-electron chi connectivity index (χ0n) is 9.80. The van der Waals surface area contributed by atoms with Crippen molar-refractivity contribution < 1.29 is 4.79 Å². The van der Waals surface area contributed by atoms with Crippen LogP contribution in [-0.4, -0.2) is 21.1 Å². The Hall–Kier alpha value is -2.50. The zero-order valence-corrected chi connectivity index (χ0v) is 9.80. The summed E-state index contributed by atoms with van der Waals surface area (Å²) >= 11 is 0. The molecule has 0 aliphatic heterocycles. The maximum Gasteiger partial charge on any atom is 0.277 e. The van der Waals surface area contributed by atoms with Crippen molar-refractivity contribution in [3.05, 3.63) is 46.0 Å². The number of nitrogens with one attached hydrogen (secondary N) is 1. The van der Waals surface area contributed by atoms with Crippen LogP contribution in [0.25, 0.3) is 11.3 Å². The highest BCUT2D eigenvalue weighted by Gasteiger charge is 2.11. The quantitative estimate of drug-likeness (QED) is 0.820. The summed E-state index contributed by atoms with van der Waals surface area (Å²) in [6, 6.07) is 3.18. The van der Waals surface area contributed by atoms with Gasteiger partial charge in [0.15, 0.2) is 0 Å². The number of rotatable bonds is 3. The first-order valence-corrected chi connectivity index (χ1v) is 5.46. The van der Waals surface area contributed by atoms with Gasteiger partial charge in [0.25, 0.3) is 11.5 Å². The number of pyridine rings is 1. The van der Waals surface area contributed by atoms with E-state index >= 15 is 0 Å². The van der Waals surface area contributed by atoms with Crippen molar-refractivity contribution in [3.63, 3.8) is 0 Å². The van der Waals surface area contributed by atoms with Gasteiger partial charge in [0.2, 0.25) is 0 Å². The molecule has 0 saturated heterocycles. The minimum absolute atomic E-state index is 0.0983. The molecule has 1 amide bonds. The molecule has 2 rings (SSSR count). The Labute approximate surface area is 103 Å². The molecule has 0 fully saturated rings. The number of nitrogens with two attached hydrogens (primary N) is 1. The number of carbonyl (C=O) groups excluding carboxylic acids is 1. The van der Waals surface area contributed by atoms with Crippen LogP contribution in [0.1, 0.15) is 22.8 Å². The molecule has 0 aliphatic rings. The maximum absolute atomic E-state index is 11.4. The SMILES string of the molecule is CCc1cnccc1-c1cc(C(N)=O)c(=O)[nH]n1. The number of nitrogens with zero attached hydrogens (tertiary/aromatic N) is 2. The van der Waals surface area contributed by atoms with Crippen molar-refractivity contribution in [1.82, 2.24) is 15.2 Å². The number of H-pyrrole nitrogens is 1. The summed E-state index contributed by atoms with van der Waals surface area (Å²) in [6.07, 6.45) is 4.13. The number of aromatic amines is 1. The maximum atomic E-state index is 11.4. The summed E-state index contributed by atoms with van der Waals surface area (Å²) in [6.45, 7) is 1.99. The fourth-order valence-corrected chi connectivity index (χ4v) is 1.69. The van der Waals surface area contributed by atoms with Crippen LogP contribution in [-0.2, 0) is 6.42 Å². The third-order valence-electron chi connectivity index (χ3n) is 2.63. The van der Waals surface area contributed by atoms with E-state index in [4.69, 9.17) is 5.73 Å².